The van der Waals surface area contributed by atoms with E-state index < -0.39 is 18.1 Å². The minimum absolute atomic E-state index is 0.0227. The largest absolute Gasteiger partial charge is 0.343 e. The monoisotopic (exact) mass is 534 g/mol. The molecule has 2 unspecified atom stereocenters. The molecule has 10 heteroatoms. The molecule has 5 amide bonds. The first-order valence-corrected chi connectivity index (χ1v) is 13.5. The second kappa shape index (κ2) is 12.8. The van der Waals surface area contributed by atoms with Gasteiger partial charge in [0.2, 0.25) is 17.7 Å². The van der Waals surface area contributed by atoms with Crippen LogP contribution in [0.3, 0.4) is 0 Å². The summed E-state index contributed by atoms with van der Waals surface area (Å²) in [6.07, 6.45) is 1.70. The van der Waals surface area contributed by atoms with Crippen LogP contribution in [0.5, 0.6) is 0 Å². The number of nitrogens with zero attached hydrogens (tertiary/aromatic N) is 2. The van der Waals surface area contributed by atoms with Crippen molar-refractivity contribution in [1.29, 1.82) is 0 Å². The first-order valence-electron chi connectivity index (χ1n) is 13.5. The van der Waals surface area contributed by atoms with Gasteiger partial charge in [-0.2, -0.15) is 0 Å². The molecule has 0 saturated carbocycles. The van der Waals surface area contributed by atoms with Crippen molar-refractivity contribution in [3.63, 3.8) is 0 Å². The van der Waals surface area contributed by atoms with Crippen LogP contribution in [0.15, 0.2) is 60.7 Å². The maximum atomic E-state index is 14.0. The van der Waals surface area contributed by atoms with Crippen LogP contribution >= 0.6 is 0 Å². The molecule has 4 N–H and O–H groups in total. The normalized spacial score (nSPS) is 21.9. The van der Waals surface area contributed by atoms with E-state index in [1.54, 1.807) is 23.8 Å². The number of carbonyl (C=O) groups is 4. The van der Waals surface area contributed by atoms with Gasteiger partial charge >= 0.3 is 6.03 Å². The molecule has 2 aliphatic rings. The Hall–Kier alpha value is -3.92. The predicted molar refractivity (Wildman–Crippen MR) is 148 cm³/mol. The molecule has 39 heavy (non-hydrogen) atoms. The highest BCUT2D eigenvalue weighted by atomic mass is 16.2. The SMILES string of the molecule is CNC(=O)N1CCC2CC[C@@H](C(=O)NC(c3ccccc3)c3ccccc3)N2C(=O)[C@@H](NC(=O)C(C)NC)C1. The summed E-state index contributed by atoms with van der Waals surface area (Å²) in [6, 6.07) is 16.4. The average Bonchev–Trinajstić information content (AvgIpc) is 3.39. The molecule has 10 nitrogen and oxygen atoms in total. The topological polar surface area (TPSA) is 123 Å². The molecule has 2 aromatic rings. The second-order valence-electron chi connectivity index (χ2n) is 10.1. The molecule has 2 fully saturated rings. The molecular formula is C29H38N6O4. The zero-order valence-corrected chi connectivity index (χ0v) is 22.7. The number of hydrogen-bond acceptors (Lipinski definition) is 5. The van der Waals surface area contributed by atoms with Gasteiger partial charge in [-0.1, -0.05) is 60.7 Å². The van der Waals surface area contributed by atoms with Gasteiger partial charge in [-0.3, -0.25) is 14.4 Å². The quantitative estimate of drug-likeness (QED) is 0.428. The maximum absolute atomic E-state index is 14.0. The molecule has 0 radical (unpaired) electrons. The zero-order valence-electron chi connectivity index (χ0n) is 22.7. The van der Waals surface area contributed by atoms with E-state index in [0.29, 0.717) is 25.8 Å². The van der Waals surface area contributed by atoms with Gasteiger partial charge in [-0.05, 0) is 44.4 Å². The van der Waals surface area contributed by atoms with Crippen molar-refractivity contribution in [2.24, 2.45) is 0 Å². The van der Waals surface area contributed by atoms with E-state index in [9.17, 15) is 19.2 Å². The molecule has 0 spiro atoms. The Morgan fingerprint density at radius 1 is 0.897 bits per heavy atom. The first-order chi connectivity index (χ1) is 18.8. The number of carbonyl (C=O) groups excluding carboxylic acids is 4. The van der Waals surface area contributed by atoms with E-state index in [1.807, 2.05) is 60.7 Å². The van der Waals surface area contributed by atoms with Gasteiger partial charge in [0.05, 0.1) is 18.6 Å². The summed E-state index contributed by atoms with van der Waals surface area (Å²) in [5.41, 5.74) is 1.89. The summed E-state index contributed by atoms with van der Waals surface area (Å²) in [4.78, 5) is 56.3. The molecule has 4 rings (SSSR count). The molecule has 0 aliphatic carbocycles. The van der Waals surface area contributed by atoms with Crippen LogP contribution in [0.2, 0.25) is 0 Å². The third-order valence-electron chi connectivity index (χ3n) is 7.69. The summed E-state index contributed by atoms with van der Waals surface area (Å²) in [7, 11) is 3.20. The van der Waals surface area contributed by atoms with E-state index in [4.69, 9.17) is 0 Å². The van der Waals surface area contributed by atoms with Gasteiger partial charge in [0.25, 0.3) is 0 Å². The molecule has 0 bridgehead atoms. The minimum Gasteiger partial charge on any atom is -0.343 e. The van der Waals surface area contributed by atoms with Gasteiger partial charge in [0.15, 0.2) is 0 Å². The number of rotatable bonds is 7. The van der Waals surface area contributed by atoms with Gasteiger partial charge in [-0.15, -0.1) is 0 Å². The van der Waals surface area contributed by atoms with E-state index in [0.717, 1.165) is 11.1 Å². The lowest BCUT2D eigenvalue weighted by Gasteiger charge is -2.39. The van der Waals surface area contributed by atoms with Crippen LogP contribution in [-0.4, -0.2) is 84.9 Å². The Morgan fingerprint density at radius 2 is 1.51 bits per heavy atom. The fourth-order valence-electron chi connectivity index (χ4n) is 5.40. The van der Waals surface area contributed by atoms with E-state index >= 15 is 0 Å². The van der Waals surface area contributed by atoms with Crippen molar-refractivity contribution in [3.8, 4) is 0 Å². The van der Waals surface area contributed by atoms with Crippen LogP contribution in [-0.2, 0) is 14.4 Å². The Morgan fingerprint density at radius 3 is 2.08 bits per heavy atom. The first kappa shape index (κ1) is 28.1. The number of nitrogens with one attached hydrogen (secondary N) is 4. The summed E-state index contributed by atoms with van der Waals surface area (Å²) < 4.78 is 0. The van der Waals surface area contributed by atoms with Crippen molar-refractivity contribution < 1.29 is 19.2 Å². The number of urea groups is 1. The maximum Gasteiger partial charge on any atom is 0.317 e. The average molecular weight is 535 g/mol. The molecule has 4 atom stereocenters. The molecule has 2 aromatic carbocycles. The van der Waals surface area contributed by atoms with Crippen molar-refractivity contribution in [3.05, 3.63) is 71.8 Å². The summed E-state index contributed by atoms with van der Waals surface area (Å²) in [6.45, 7) is 2.13. The van der Waals surface area contributed by atoms with Crippen molar-refractivity contribution in [1.82, 2.24) is 31.1 Å². The molecular weight excluding hydrogens is 496 g/mol. The Balaban J connectivity index is 1.60. The molecule has 208 valence electrons. The van der Waals surface area contributed by atoms with Crippen LogP contribution in [0, 0.1) is 0 Å². The van der Waals surface area contributed by atoms with E-state index in [-0.39, 0.29) is 42.4 Å². The van der Waals surface area contributed by atoms with Crippen LogP contribution in [0.4, 0.5) is 4.79 Å². The van der Waals surface area contributed by atoms with Gasteiger partial charge < -0.3 is 31.1 Å². The lowest BCUT2D eigenvalue weighted by atomic mass is 9.98. The minimum atomic E-state index is -0.971. The summed E-state index contributed by atoms with van der Waals surface area (Å²) >= 11 is 0. The Bertz CT molecular complexity index is 1120. The highest BCUT2D eigenvalue weighted by Gasteiger charge is 2.45. The smallest absolute Gasteiger partial charge is 0.317 e. The van der Waals surface area contributed by atoms with Crippen LogP contribution in [0.1, 0.15) is 43.4 Å². The number of fused-ring (bicyclic) bond motifs is 1. The van der Waals surface area contributed by atoms with E-state index in [1.165, 1.54) is 7.05 Å². The number of likely N-dealkylation sites (N-methyl/N-ethyl adjacent to an activating group) is 1. The van der Waals surface area contributed by atoms with Gasteiger partial charge in [0.1, 0.15) is 12.1 Å². The second-order valence-corrected chi connectivity index (χ2v) is 10.1. The van der Waals surface area contributed by atoms with Crippen LogP contribution in [0.25, 0.3) is 0 Å². The lowest BCUT2D eigenvalue weighted by Crippen LogP contribution is -2.62. The Labute approximate surface area is 229 Å². The highest BCUT2D eigenvalue weighted by molar-refractivity contribution is 5.94. The van der Waals surface area contributed by atoms with Crippen molar-refractivity contribution in [2.45, 2.75) is 56.4 Å². The standard InChI is InChI=1S/C29H38N6O4/c1-19(30-2)26(36)32-23-18-34(29(39)31-3)17-16-22-14-15-24(35(22)28(23)38)27(37)33-25(20-10-6-4-7-11-20)21-12-8-5-9-13-21/h4-13,19,22-25,30H,14-18H2,1-3H3,(H,31,39)(H,32,36)(H,33,37)/t19?,22?,23-,24-/m0/s1. The fourth-order valence-corrected chi connectivity index (χ4v) is 5.40. The van der Waals surface area contributed by atoms with Crippen molar-refractivity contribution >= 4 is 23.8 Å². The summed E-state index contributed by atoms with van der Waals surface area (Å²) in [5.74, 6) is -0.932. The van der Waals surface area contributed by atoms with Crippen molar-refractivity contribution in [2.75, 3.05) is 27.2 Å². The summed E-state index contributed by atoms with van der Waals surface area (Å²) in [5, 5.41) is 11.5. The molecule has 2 saturated heterocycles. The highest BCUT2D eigenvalue weighted by Crippen LogP contribution is 2.31. The third-order valence-corrected chi connectivity index (χ3v) is 7.69. The number of benzene rings is 2. The van der Waals surface area contributed by atoms with Gasteiger partial charge in [0, 0.05) is 19.6 Å². The Kier molecular flexibility index (Phi) is 9.19. The zero-order chi connectivity index (χ0) is 27.9. The van der Waals surface area contributed by atoms with Crippen LogP contribution < -0.4 is 21.3 Å². The fraction of sp³-hybridized carbons (Fsp3) is 0.448. The van der Waals surface area contributed by atoms with Gasteiger partial charge in [-0.25, -0.2) is 4.79 Å². The molecule has 0 aromatic heterocycles. The van der Waals surface area contributed by atoms with E-state index in [2.05, 4.69) is 21.3 Å². The number of amides is 5. The predicted octanol–water partition coefficient (Wildman–Crippen LogP) is 1.39. The molecule has 2 heterocycles. The molecule has 2 aliphatic heterocycles. The third kappa shape index (κ3) is 6.39. The lowest BCUT2D eigenvalue weighted by molar-refractivity contribution is -0.145. The number of hydrogen-bond donors (Lipinski definition) is 4.